The molecule has 1 fully saturated rings. The first-order chi connectivity index (χ1) is 13.2. The molecule has 3 heterocycles. The summed E-state index contributed by atoms with van der Waals surface area (Å²) in [5, 5.41) is 10.7. The van der Waals surface area contributed by atoms with E-state index in [0.29, 0.717) is 10.8 Å². The summed E-state index contributed by atoms with van der Waals surface area (Å²) in [6.07, 6.45) is -0.880. The number of ether oxygens (including phenoxy) is 3. The molecule has 0 unspecified atom stereocenters. The van der Waals surface area contributed by atoms with Gasteiger partial charge in [-0.25, -0.2) is 4.98 Å². The van der Waals surface area contributed by atoms with Gasteiger partial charge in [-0.3, -0.25) is 14.5 Å². The smallest absolute Gasteiger partial charge is 0.303 e. The number of nitrogens with zero attached hydrogens (tertiary/aromatic N) is 3. The normalized spacial score (nSPS) is 28.9. The van der Waals surface area contributed by atoms with Crippen LogP contribution in [-0.4, -0.2) is 58.7 Å². The predicted octanol–water partition coefficient (Wildman–Crippen LogP) is 0.660. The number of carbonyl (C=O) groups excluding carboxylic acids is 2. The summed E-state index contributed by atoms with van der Waals surface area (Å²) in [5.41, 5.74) is 4.70. The highest BCUT2D eigenvalue weighted by atomic mass is 32.2. The number of hydrogen-bond acceptors (Lipinski definition) is 11. The Kier molecular flexibility index (Phi) is 5.50. The molecule has 0 aliphatic carbocycles. The van der Waals surface area contributed by atoms with E-state index in [0.717, 1.165) is 4.90 Å². The van der Waals surface area contributed by atoms with E-state index >= 15 is 0 Å². The molecule has 0 spiro atoms. The molecule has 3 N–H and O–H groups in total. The first-order valence-electron chi connectivity index (χ1n) is 8.52. The van der Waals surface area contributed by atoms with Gasteiger partial charge in [-0.05, 0) is 0 Å². The molecule has 1 aromatic heterocycles. The number of thioether (sulfide) groups is 1. The van der Waals surface area contributed by atoms with Crippen LogP contribution < -0.4 is 10.6 Å². The SMILES string of the molecule is C=C1Sc2cnc(N)nc2N1[C@@H]1O[C@H](COC(C)=O)[C@@](C)(CO)[C@H]1OC(C)=O. The van der Waals surface area contributed by atoms with Crippen LogP contribution in [0.4, 0.5) is 11.8 Å². The summed E-state index contributed by atoms with van der Waals surface area (Å²) in [5.74, 6) is -0.477. The molecular formula is C17H22N4O6S. The first kappa shape index (κ1) is 20.4. The number of nitrogens with two attached hydrogens (primary N) is 1. The zero-order valence-electron chi connectivity index (χ0n) is 15.7. The van der Waals surface area contributed by atoms with Crippen molar-refractivity contribution in [2.45, 2.75) is 44.1 Å². The van der Waals surface area contributed by atoms with E-state index in [2.05, 4.69) is 16.5 Å². The van der Waals surface area contributed by atoms with Crippen LogP contribution in [0.1, 0.15) is 20.8 Å². The average molecular weight is 410 g/mol. The van der Waals surface area contributed by atoms with Crippen molar-refractivity contribution in [3.8, 4) is 0 Å². The fourth-order valence-electron chi connectivity index (χ4n) is 3.26. The number of aromatic nitrogens is 2. The molecule has 152 valence electrons. The van der Waals surface area contributed by atoms with Crippen LogP contribution in [0, 0.1) is 5.41 Å². The summed E-state index contributed by atoms with van der Waals surface area (Å²) in [6, 6.07) is 0. The molecule has 0 aromatic carbocycles. The van der Waals surface area contributed by atoms with Crippen molar-refractivity contribution >= 4 is 35.5 Å². The standard InChI is InChI=1S/C17H22N4O6S/c1-8-21(14-11(28-8)5-19-16(18)20-14)15-13(26-10(3)24)17(4,7-22)12(27-15)6-25-9(2)23/h5,12-13,15,22H,1,6-7H2,2-4H3,(H2,18,19,20)/t12-,13+,15-,17-/m1/s1. The molecule has 1 saturated heterocycles. The van der Waals surface area contributed by atoms with Gasteiger partial charge < -0.3 is 25.1 Å². The second-order valence-electron chi connectivity index (χ2n) is 6.79. The average Bonchev–Trinajstić information content (AvgIpc) is 3.07. The van der Waals surface area contributed by atoms with E-state index in [4.69, 9.17) is 19.9 Å². The lowest BCUT2D eigenvalue weighted by atomic mass is 9.81. The minimum atomic E-state index is -1.03. The van der Waals surface area contributed by atoms with Gasteiger partial charge in [0.2, 0.25) is 5.95 Å². The Bertz CT molecular complexity index is 821. The molecular weight excluding hydrogens is 388 g/mol. The third-order valence-corrected chi connectivity index (χ3v) is 5.69. The van der Waals surface area contributed by atoms with Crippen molar-refractivity contribution in [3.63, 3.8) is 0 Å². The molecule has 3 rings (SSSR count). The van der Waals surface area contributed by atoms with Crippen LogP contribution in [0.3, 0.4) is 0 Å². The Labute approximate surface area is 166 Å². The molecule has 0 radical (unpaired) electrons. The van der Waals surface area contributed by atoms with E-state index in [1.807, 2.05) is 0 Å². The van der Waals surface area contributed by atoms with Gasteiger partial charge in [-0.2, -0.15) is 4.98 Å². The van der Waals surface area contributed by atoms with Crippen molar-refractivity contribution in [3.05, 3.63) is 17.8 Å². The summed E-state index contributed by atoms with van der Waals surface area (Å²) in [7, 11) is 0. The topological polar surface area (TPSA) is 137 Å². The van der Waals surface area contributed by atoms with Gasteiger partial charge >= 0.3 is 11.9 Å². The highest BCUT2D eigenvalue weighted by Gasteiger charge is 2.59. The third kappa shape index (κ3) is 3.52. The predicted molar refractivity (Wildman–Crippen MR) is 100.0 cm³/mol. The fourth-order valence-corrected chi connectivity index (χ4v) is 4.15. The zero-order chi connectivity index (χ0) is 20.6. The van der Waals surface area contributed by atoms with Crippen LogP contribution in [0.25, 0.3) is 0 Å². The highest BCUT2D eigenvalue weighted by Crippen LogP contribution is 2.50. The fraction of sp³-hybridized carbons (Fsp3) is 0.529. The number of carbonyl (C=O) groups is 2. The number of aliphatic hydroxyl groups excluding tert-OH is 1. The highest BCUT2D eigenvalue weighted by molar-refractivity contribution is 8.03. The lowest BCUT2D eigenvalue weighted by Crippen LogP contribution is -2.49. The van der Waals surface area contributed by atoms with Crippen molar-refractivity contribution < 1.29 is 28.9 Å². The number of rotatable bonds is 5. The van der Waals surface area contributed by atoms with Gasteiger partial charge in [0.25, 0.3) is 0 Å². The summed E-state index contributed by atoms with van der Waals surface area (Å²) in [4.78, 5) is 33.7. The maximum absolute atomic E-state index is 11.8. The third-order valence-electron chi connectivity index (χ3n) is 4.75. The molecule has 0 bridgehead atoms. The minimum Gasteiger partial charge on any atom is -0.463 e. The van der Waals surface area contributed by atoms with Gasteiger partial charge in [0.05, 0.1) is 21.9 Å². The number of hydrogen-bond donors (Lipinski definition) is 2. The monoisotopic (exact) mass is 410 g/mol. The van der Waals surface area contributed by atoms with Crippen molar-refractivity contribution in [1.82, 2.24) is 9.97 Å². The maximum atomic E-state index is 11.8. The molecule has 0 saturated carbocycles. The lowest BCUT2D eigenvalue weighted by Gasteiger charge is -2.34. The summed E-state index contributed by atoms with van der Waals surface area (Å²) in [6.45, 7) is 7.81. The Morgan fingerprint density at radius 1 is 1.46 bits per heavy atom. The van der Waals surface area contributed by atoms with Gasteiger partial charge in [-0.1, -0.05) is 25.3 Å². The van der Waals surface area contributed by atoms with Crippen LogP contribution >= 0.6 is 11.8 Å². The Balaban J connectivity index is 2.01. The van der Waals surface area contributed by atoms with Crippen LogP contribution in [-0.2, 0) is 23.8 Å². The Morgan fingerprint density at radius 2 is 2.18 bits per heavy atom. The number of fused-ring (bicyclic) bond motifs is 1. The molecule has 11 heteroatoms. The number of anilines is 2. The molecule has 2 aliphatic rings. The van der Waals surface area contributed by atoms with E-state index in [-0.39, 0.29) is 19.2 Å². The second kappa shape index (κ2) is 7.57. The van der Waals surface area contributed by atoms with Crippen LogP contribution in [0.15, 0.2) is 22.7 Å². The largest absolute Gasteiger partial charge is 0.463 e. The molecule has 4 atom stereocenters. The molecule has 1 aromatic rings. The molecule has 10 nitrogen and oxygen atoms in total. The quantitative estimate of drug-likeness (QED) is 0.662. The van der Waals surface area contributed by atoms with Crippen LogP contribution in [0.2, 0.25) is 0 Å². The maximum Gasteiger partial charge on any atom is 0.303 e. The van der Waals surface area contributed by atoms with Crippen molar-refractivity contribution in [2.75, 3.05) is 23.8 Å². The van der Waals surface area contributed by atoms with E-state index < -0.39 is 35.8 Å². The number of aliphatic hydroxyl groups is 1. The van der Waals surface area contributed by atoms with Gasteiger partial charge in [0, 0.05) is 20.0 Å². The van der Waals surface area contributed by atoms with Gasteiger partial charge in [-0.15, -0.1) is 0 Å². The van der Waals surface area contributed by atoms with Crippen molar-refractivity contribution in [1.29, 1.82) is 0 Å². The van der Waals surface area contributed by atoms with Gasteiger partial charge in [0.1, 0.15) is 12.7 Å². The summed E-state index contributed by atoms with van der Waals surface area (Å²) < 4.78 is 16.8. The van der Waals surface area contributed by atoms with E-state index in [1.165, 1.54) is 25.6 Å². The minimum absolute atomic E-state index is 0.0717. The zero-order valence-corrected chi connectivity index (χ0v) is 16.6. The molecule has 0 amide bonds. The molecule has 28 heavy (non-hydrogen) atoms. The summed E-state index contributed by atoms with van der Waals surface area (Å²) >= 11 is 1.33. The number of nitrogen functional groups attached to an aromatic ring is 1. The lowest BCUT2D eigenvalue weighted by molar-refractivity contribution is -0.156. The first-order valence-corrected chi connectivity index (χ1v) is 9.34. The van der Waals surface area contributed by atoms with E-state index in [9.17, 15) is 14.7 Å². The number of esters is 2. The van der Waals surface area contributed by atoms with Gasteiger partial charge in [0.15, 0.2) is 18.1 Å². The van der Waals surface area contributed by atoms with E-state index in [1.54, 1.807) is 18.0 Å². The van der Waals surface area contributed by atoms with Crippen molar-refractivity contribution in [2.24, 2.45) is 5.41 Å². The Morgan fingerprint density at radius 3 is 2.79 bits per heavy atom. The second-order valence-corrected chi connectivity index (χ2v) is 7.91. The Hall–Kier alpha value is -2.37. The van der Waals surface area contributed by atoms with Crippen LogP contribution in [0.5, 0.6) is 0 Å². The molecule has 2 aliphatic heterocycles.